The van der Waals surface area contributed by atoms with Crippen molar-refractivity contribution in [1.82, 2.24) is 10.2 Å². The van der Waals surface area contributed by atoms with Gasteiger partial charge in [0.15, 0.2) is 0 Å². The molecule has 1 unspecified atom stereocenters. The summed E-state index contributed by atoms with van der Waals surface area (Å²) in [6, 6.07) is 6.63. The van der Waals surface area contributed by atoms with Gasteiger partial charge in [0.25, 0.3) is 0 Å². The summed E-state index contributed by atoms with van der Waals surface area (Å²) >= 11 is 3.48. The standard InChI is InChI=1S/C18H26BrN3O/c1-13-11-15(4-5-16(13)19)21-18(23)12-22-9-6-14(7-10-22)17-3-2-8-20-17/h4-5,11,14,17,20H,2-3,6-10,12H2,1H3,(H,21,23). The van der Waals surface area contributed by atoms with Crippen LogP contribution in [0.25, 0.3) is 0 Å². The average molecular weight is 380 g/mol. The van der Waals surface area contributed by atoms with Crippen molar-refractivity contribution in [3.8, 4) is 0 Å². The highest BCUT2D eigenvalue weighted by Gasteiger charge is 2.28. The van der Waals surface area contributed by atoms with Crippen LogP contribution in [0.5, 0.6) is 0 Å². The topological polar surface area (TPSA) is 44.4 Å². The zero-order valence-electron chi connectivity index (χ0n) is 13.8. The quantitative estimate of drug-likeness (QED) is 0.844. The van der Waals surface area contributed by atoms with E-state index in [-0.39, 0.29) is 5.91 Å². The van der Waals surface area contributed by atoms with Gasteiger partial charge >= 0.3 is 0 Å². The monoisotopic (exact) mass is 379 g/mol. The minimum Gasteiger partial charge on any atom is -0.325 e. The normalized spacial score (nSPS) is 23.1. The summed E-state index contributed by atoms with van der Waals surface area (Å²) in [7, 11) is 0. The van der Waals surface area contributed by atoms with Crippen LogP contribution in [0, 0.1) is 12.8 Å². The second-order valence-corrected chi connectivity index (χ2v) is 7.68. The Labute approximate surface area is 147 Å². The van der Waals surface area contributed by atoms with Crippen LogP contribution in [0.15, 0.2) is 22.7 Å². The van der Waals surface area contributed by atoms with Gasteiger partial charge in [0.05, 0.1) is 6.54 Å². The Balaban J connectivity index is 1.44. The second-order valence-electron chi connectivity index (χ2n) is 6.83. The number of nitrogens with one attached hydrogen (secondary N) is 2. The van der Waals surface area contributed by atoms with E-state index >= 15 is 0 Å². The van der Waals surface area contributed by atoms with E-state index in [9.17, 15) is 4.79 Å². The number of carbonyl (C=O) groups excluding carboxylic acids is 1. The van der Waals surface area contributed by atoms with Crippen molar-refractivity contribution in [3.63, 3.8) is 0 Å². The van der Waals surface area contributed by atoms with E-state index < -0.39 is 0 Å². The van der Waals surface area contributed by atoms with Crippen LogP contribution < -0.4 is 10.6 Å². The maximum atomic E-state index is 12.2. The molecular formula is C18H26BrN3O. The van der Waals surface area contributed by atoms with Gasteiger partial charge in [0.1, 0.15) is 0 Å². The predicted octanol–water partition coefficient (Wildman–Crippen LogP) is 3.16. The highest BCUT2D eigenvalue weighted by Crippen LogP contribution is 2.25. The molecule has 2 aliphatic heterocycles. The first-order chi connectivity index (χ1) is 11.1. The Morgan fingerprint density at radius 2 is 2.13 bits per heavy atom. The highest BCUT2D eigenvalue weighted by atomic mass is 79.9. The molecule has 0 spiro atoms. The molecular weight excluding hydrogens is 354 g/mol. The molecule has 2 heterocycles. The van der Waals surface area contributed by atoms with Gasteiger partial charge in [-0.05, 0) is 81.9 Å². The molecule has 0 radical (unpaired) electrons. The lowest BCUT2D eigenvalue weighted by Gasteiger charge is -2.34. The maximum Gasteiger partial charge on any atom is 0.238 e. The number of amides is 1. The molecule has 1 aromatic rings. The summed E-state index contributed by atoms with van der Waals surface area (Å²) in [5.41, 5.74) is 2.01. The largest absolute Gasteiger partial charge is 0.325 e. The lowest BCUT2D eigenvalue weighted by Crippen LogP contribution is -2.43. The van der Waals surface area contributed by atoms with Crippen molar-refractivity contribution in [2.45, 2.75) is 38.6 Å². The van der Waals surface area contributed by atoms with Crippen molar-refractivity contribution >= 4 is 27.5 Å². The number of likely N-dealkylation sites (tertiary alicyclic amines) is 1. The van der Waals surface area contributed by atoms with Gasteiger partial charge in [-0.1, -0.05) is 15.9 Å². The predicted molar refractivity (Wildman–Crippen MR) is 97.7 cm³/mol. The van der Waals surface area contributed by atoms with Crippen LogP contribution in [0.1, 0.15) is 31.2 Å². The molecule has 0 saturated carbocycles. The summed E-state index contributed by atoms with van der Waals surface area (Å²) < 4.78 is 1.07. The van der Waals surface area contributed by atoms with Crippen molar-refractivity contribution < 1.29 is 4.79 Å². The molecule has 1 aromatic carbocycles. The van der Waals surface area contributed by atoms with Crippen LogP contribution in [-0.2, 0) is 4.79 Å². The third-order valence-corrected chi connectivity index (χ3v) is 6.00. The van der Waals surface area contributed by atoms with Crippen molar-refractivity contribution in [1.29, 1.82) is 0 Å². The lowest BCUT2D eigenvalue weighted by molar-refractivity contribution is -0.117. The summed E-state index contributed by atoms with van der Waals surface area (Å²) in [6.45, 7) is 5.78. The minimum atomic E-state index is 0.0872. The first-order valence-corrected chi connectivity index (χ1v) is 9.43. The van der Waals surface area contributed by atoms with E-state index in [0.29, 0.717) is 6.54 Å². The van der Waals surface area contributed by atoms with Crippen molar-refractivity contribution in [2.24, 2.45) is 5.92 Å². The number of aryl methyl sites for hydroxylation is 1. The number of carbonyl (C=O) groups is 1. The smallest absolute Gasteiger partial charge is 0.238 e. The number of halogens is 1. The second kappa shape index (κ2) is 7.77. The number of hydrogen-bond acceptors (Lipinski definition) is 3. The Hall–Kier alpha value is -0.910. The molecule has 0 bridgehead atoms. The van der Waals surface area contributed by atoms with Gasteiger partial charge < -0.3 is 10.6 Å². The zero-order valence-corrected chi connectivity index (χ0v) is 15.4. The molecule has 1 amide bonds. The average Bonchev–Trinajstić information content (AvgIpc) is 3.06. The van der Waals surface area contributed by atoms with Gasteiger partial charge in [-0.15, -0.1) is 0 Å². The van der Waals surface area contributed by atoms with E-state index in [0.717, 1.165) is 40.8 Å². The molecule has 3 rings (SSSR count). The van der Waals surface area contributed by atoms with Crippen LogP contribution in [-0.4, -0.2) is 43.0 Å². The fourth-order valence-corrected chi connectivity index (χ4v) is 4.00. The Kier molecular flexibility index (Phi) is 5.72. The van der Waals surface area contributed by atoms with Gasteiger partial charge in [-0.2, -0.15) is 0 Å². The fraction of sp³-hybridized carbons (Fsp3) is 0.611. The van der Waals surface area contributed by atoms with Crippen molar-refractivity contribution in [3.05, 3.63) is 28.2 Å². The molecule has 5 heteroatoms. The maximum absolute atomic E-state index is 12.2. The van der Waals surface area contributed by atoms with Crippen molar-refractivity contribution in [2.75, 3.05) is 31.5 Å². The molecule has 1 atom stereocenters. The zero-order chi connectivity index (χ0) is 16.2. The summed E-state index contributed by atoms with van der Waals surface area (Å²) in [5, 5.41) is 6.63. The number of rotatable bonds is 4. The van der Waals surface area contributed by atoms with Gasteiger partial charge in [0.2, 0.25) is 5.91 Å². The Bertz CT molecular complexity index is 549. The summed E-state index contributed by atoms with van der Waals surface area (Å²) in [6.07, 6.45) is 5.07. The first-order valence-electron chi connectivity index (χ1n) is 8.63. The minimum absolute atomic E-state index is 0.0872. The number of benzene rings is 1. The molecule has 4 nitrogen and oxygen atoms in total. The van der Waals surface area contributed by atoms with E-state index in [4.69, 9.17) is 0 Å². The summed E-state index contributed by atoms with van der Waals surface area (Å²) in [5.74, 6) is 0.884. The van der Waals surface area contributed by atoms with Crippen LogP contribution in [0.3, 0.4) is 0 Å². The SMILES string of the molecule is Cc1cc(NC(=O)CN2CCC(C3CCCN3)CC2)ccc1Br. The molecule has 2 N–H and O–H groups in total. The molecule has 126 valence electrons. The van der Waals surface area contributed by atoms with E-state index in [1.54, 1.807) is 0 Å². The highest BCUT2D eigenvalue weighted by molar-refractivity contribution is 9.10. The first kappa shape index (κ1) is 16.9. The number of nitrogens with zero attached hydrogens (tertiary/aromatic N) is 1. The summed E-state index contributed by atoms with van der Waals surface area (Å²) in [4.78, 5) is 14.5. The molecule has 23 heavy (non-hydrogen) atoms. The van der Waals surface area contributed by atoms with E-state index in [2.05, 4.69) is 31.5 Å². The molecule has 2 aliphatic rings. The molecule has 2 saturated heterocycles. The van der Waals surface area contributed by atoms with Gasteiger partial charge in [-0.3, -0.25) is 9.69 Å². The Morgan fingerprint density at radius 3 is 2.78 bits per heavy atom. The van der Waals surface area contributed by atoms with Crippen LogP contribution in [0.2, 0.25) is 0 Å². The van der Waals surface area contributed by atoms with E-state index in [1.165, 1.54) is 32.2 Å². The molecule has 0 aliphatic carbocycles. The lowest BCUT2D eigenvalue weighted by atomic mass is 9.88. The third kappa shape index (κ3) is 4.55. The molecule has 2 fully saturated rings. The number of anilines is 1. The van der Waals surface area contributed by atoms with Gasteiger partial charge in [-0.25, -0.2) is 0 Å². The Morgan fingerprint density at radius 1 is 1.35 bits per heavy atom. The number of piperidine rings is 1. The van der Waals surface area contributed by atoms with Crippen LogP contribution >= 0.6 is 15.9 Å². The van der Waals surface area contributed by atoms with Gasteiger partial charge in [0, 0.05) is 16.2 Å². The number of hydrogen-bond donors (Lipinski definition) is 2. The fourth-order valence-electron chi connectivity index (χ4n) is 3.75. The van der Waals surface area contributed by atoms with E-state index in [1.807, 2.05) is 25.1 Å². The third-order valence-electron chi connectivity index (χ3n) is 5.11. The molecule has 0 aromatic heterocycles. The van der Waals surface area contributed by atoms with Crippen LogP contribution in [0.4, 0.5) is 5.69 Å².